The summed E-state index contributed by atoms with van der Waals surface area (Å²) in [6, 6.07) is 4.92. The van der Waals surface area contributed by atoms with Gasteiger partial charge in [-0.15, -0.1) is 3.89 Å². The van der Waals surface area contributed by atoms with Crippen molar-refractivity contribution in [3.63, 3.8) is 0 Å². The maximum Gasteiger partial charge on any atom is 0.332 e. The van der Waals surface area contributed by atoms with Gasteiger partial charge in [-0.25, -0.2) is 0 Å². The van der Waals surface area contributed by atoms with Gasteiger partial charge in [-0.05, 0) is 37.5 Å². The number of nitrogens with one attached hydrogen (secondary N) is 1. The highest BCUT2D eigenvalue weighted by atomic mass is 32.3. The third-order valence-electron chi connectivity index (χ3n) is 3.28. The highest BCUT2D eigenvalue weighted by Crippen LogP contribution is 2.49. The number of hydrogen-bond donors (Lipinski definition) is 1. The lowest BCUT2D eigenvalue weighted by atomic mass is 10.0. The number of alkyl halides is 1. The molecule has 1 fully saturated rings. The van der Waals surface area contributed by atoms with Gasteiger partial charge in [0.05, 0.1) is 12.1 Å². The molecule has 0 bridgehead atoms. The molecular formula is C12H13F2NO3S. The first-order valence-electron chi connectivity index (χ1n) is 5.80. The van der Waals surface area contributed by atoms with Gasteiger partial charge >= 0.3 is 10.2 Å². The van der Waals surface area contributed by atoms with E-state index in [2.05, 4.69) is 5.32 Å². The van der Waals surface area contributed by atoms with Gasteiger partial charge in [0.2, 0.25) is 5.91 Å². The molecule has 1 aromatic rings. The van der Waals surface area contributed by atoms with Gasteiger partial charge in [0.25, 0.3) is 0 Å². The highest BCUT2D eigenvalue weighted by molar-refractivity contribution is 7.86. The minimum absolute atomic E-state index is 0.153. The third kappa shape index (κ3) is 3.09. The Bertz CT molecular complexity index is 597. The van der Waals surface area contributed by atoms with Crippen molar-refractivity contribution < 1.29 is 21.5 Å². The van der Waals surface area contributed by atoms with E-state index in [1.807, 2.05) is 0 Å². The normalized spacial score (nSPS) is 16.9. The van der Waals surface area contributed by atoms with Crippen LogP contribution in [0.4, 0.5) is 14.0 Å². The van der Waals surface area contributed by atoms with E-state index in [0.29, 0.717) is 12.8 Å². The fraction of sp³-hybridized carbons (Fsp3) is 0.417. The monoisotopic (exact) mass is 289 g/mol. The molecule has 2 rings (SSSR count). The molecule has 1 N–H and O–H groups in total. The van der Waals surface area contributed by atoms with Gasteiger partial charge in [0.15, 0.2) is 0 Å². The number of hydrogen-bond acceptors (Lipinski definition) is 3. The van der Waals surface area contributed by atoms with Crippen molar-refractivity contribution in [3.8, 4) is 0 Å². The predicted molar refractivity (Wildman–Crippen MR) is 65.6 cm³/mol. The number of benzene rings is 1. The second-order valence-electron chi connectivity index (χ2n) is 4.64. The Hall–Kier alpha value is -1.50. The van der Waals surface area contributed by atoms with Crippen LogP contribution in [0.15, 0.2) is 29.2 Å². The number of anilines is 1. The molecule has 1 amide bonds. The summed E-state index contributed by atoms with van der Waals surface area (Å²) in [5, 5.41) is 2.51. The lowest BCUT2D eigenvalue weighted by molar-refractivity contribution is -0.121. The Balaban J connectivity index is 2.14. The summed E-state index contributed by atoms with van der Waals surface area (Å²) in [4.78, 5) is 11.4. The van der Waals surface area contributed by atoms with Gasteiger partial charge in [-0.1, -0.05) is 6.07 Å². The standard InChI is InChI=1S/C12H13F2NO3S/c13-7-6-12(4-5-12)11(16)15-9-2-1-3-10(8-9)19(14,17)18/h1-3,8H,4-7H2,(H,15,16). The van der Waals surface area contributed by atoms with E-state index < -0.39 is 27.2 Å². The summed E-state index contributed by atoms with van der Waals surface area (Å²) in [5.74, 6) is -0.349. The second-order valence-corrected chi connectivity index (χ2v) is 5.99. The zero-order valence-corrected chi connectivity index (χ0v) is 10.8. The van der Waals surface area contributed by atoms with Gasteiger partial charge < -0.3 is 5.32 Å². The van der Waals surface area contributed by atoms with Crippen molar-refractivity contribution in [1.82, 2.24) is 0 Å². The number of halogens is 2. The first-order chi connectivity index (χ1) is 8.87. The predicted octanol–water partition coefficient (Wildman–Crippen LogP) is 2.42. The van der Waals surface area contributed by atoms with Crippen LogP contribution in [0.5, 0.6) is 0 Å². The van der Waals surface area contributed by atoms with Gasteiger partial charge in [0.1, 0.15) is 4.90 Å². The summed E-state index contributed by atoms with van der Waals surface area (Å²) in [6.45, 7) is -0.577. The average molecular weight is 289 g/mol. The number of carbonyl (C=O) groups excluding carboxylic acids is 1. The van der Waals surface area contributed by atoms with E-state index in [4.69, 9.17) is 0 Å². The average Bonchev–Trinajstić information content (AvgIpc) is 3.10. The molecule has 19 heavy (non-hydrogen) atoms. The lowest BCUT2D eigenvalue weighted by Gasteiger charge is -2.13. The maximum absolute atomic E-state index is 12.8. The smallest absolute Gasteiger partial charge is 0.326 e. The summed E-state index contributed by atoms with van der Waals surface area (Å²) in [7, 11) is -4.80. The second kappa shape index (κ2) is 4.88. The number of rotatable bonds is 5. The molecule has 0 spiro atoms. The van der Waals surface area contributed by atoms with Crippen molar-refractivity contribution in [2.75, 3.05) is 12.0 Å². The van der Waals surface area contributed by atoms with Crippen molar-refractivity contribution in [3.05, 3.63) is 24.3 Å². The Morgan fingerprint density at radius 1 is 1.37 bits per heavy atom. The van der Waals surface area contributed by atoms with E-state index >= 15 is 0 Å². The molecule has 1 saturated carbocycles. The molecule has 1 aliphatic carbocycles. The third-order valence-corrected chi connectivity index (χ3v) is 4.10. The van der Waals surface area contributed by atoms with Crippen molar-refractivity contribution in [2.45, 2.75) is 24.2 Å². The van der Waals surface area contributed by atoms with Crippen molar-refractivity contribution >= 4 is 21.8 Å². The summed E-state index contributed by atoms with van der Waals surface area (Å²) >= 11 is 0. The van der Waals surface area contributed by atoms with Crippen LogP contribution in [0, 0.1) is 5.41 Å². The van der Waals surface area contributed by atoms with Crippen LogP contribution in [-0.2, 0) is 15.0 Å². The molecule has 0 atom stereocenters. The zero-order valence-electron chi connectivity index (χ0n) is 10.0. The fourth-order valence-corrected chi connectivity index (χ4v) is 2.42. The Labute approximate surface area is 110 Å². The Morgan fingerprint density at radius 3 is 2.58 bits per heavy atom. The highest BCUT2D eigenvalue weighted by Gasteiger charge is 2.49. The topological polar surface area (TPSA) is 63.2 Å². The molecule has 104 valence electrons. The van der Waals surface area contributed by atoms with E-state index in [0.717, 1.165) is 12.1 Å². The summed E-state index contributed by atoms with van der Waals surface area (Å²) in [5.41, 5.74) is -0.492. The molecule has 0 heterocycles. The van der Waals surface area contributed by atoms with E-state index in [1.54, 1.807) is 0 Å². The Morgan fingerprint density at radius 2 is 2.05 bits per heavy atom. The first-order valence-corrected chi connectivity index (χ1v) is 7.18. The van der Waals surface area contributed by atoms with Crippen LogP contribution >= 0.6 is 0 Å². The molecule has 0 aliphatic heterocycles. The largest absolute Gasteiger partial charge is 0.332 e. The minimum atomic E-state index is -4.80. The van der Waals surface area contributed by atoms with Crippen LogP contribution in [0.1, 0.15) is 19.3 Å². The van der Waals surface area contributed by atoms with Gasteiger partial charge in [-0.2, -0.15) is 8.42 Å². The lowest BCUT2D eigenvalue weighted by Crippen LogP contribution is -2.24. The molecular weight excluding hydrogens is 276 g/mol. The maximum atomic E-state index is 12.8. The van der Waals surface area contributed by atoms with Crippen molar-refractivity contribution in [2.24, 2.45) is 5.41 Å². The van der Waals surface area contributed by atoms with Crippen molar-refractivity contribution in [1.29, 1.82) is 0 Å². The van der Waals surface area contributed by atoms with E-state index in [1.165, 1.54) is 12.1 Å². The summed E-state index contributed by atoms with van der Waals surface area (Å²) in [6.07, 6.45) is 1.38. The molecule has 0 aromatic heterocycles. The number of amides is 1. The quantitative estimate of drug-likeness (QED) is 0.847. The van der Waals surface area contributed by atoms with Gasteiger partial charge in [0, 0.05) is 5.69 Å². The molecule has 0 saturated heterocycles. The first kappa shape index (κ1) is 13.9. The molecule has 0 radical (unpaired) electrons. The molecule has 1 aliphatic rings. The number of carbonyl (C=O) groups is 1. The van der Waals surface area contributed by atoms with Crippen LogP contribution in [0.2, 0.25) is 0 Å². The van der Waals surface area contributed by atoms with Gasteiger partial charge in [-0.3, -0.25) is 9.18 Å². The molecule has 0 unspecified atom stereocenters. The Kier molecular flexibility index (Phi) is 3.58. The fourth-order valence-electron chi connectivity index (χ4n) is 1.91. The van der Waals surface area contributed by atoms with Crippen LogP contribution in [0.3, 0.4) is 0 Å². The van der Waals surface area contributed by atoms with Crippen LogP contribution in [-0.4, -0.2) is 21.0 Å². The molecule has 7 heteroatoms. The van der Waals surface area contributed by atoms with Crippen LogP contribution in [0.25, 0.3) is 0 Å². The summed E-state index contributed by atoms with van der Waals surface area (Å²) < 4.78 is 46.7. The SMILES string of the molecule is O=C(Nc1cccc(S(=O)(=O)F)c1)C1(CCF)CC1. The molecule has 4 nitrogen and oxygen atoms in total. The van der Waals surface area contributed by atoms with E-state index in [9.17, 15) is 21.5 Å². The van der Waals surface area contributed by atoms with E-state index in [-0.39, 0.29) is 18.0 Å². The van der Waals surface area contributed by atoms with Crippen LogP contribution < -0.4 is 5.32 Å². The zero-order chi connectivity index (χ0) is 14.1. The molecule has 1 aromatic carbocycles. The minimum Gasteiger partial charge on any atom is -0.326 e.